The van der Waals surface area contributed by atoms with Gasteiger partial charge in [-0.25, -0.2) is 0 Å². The summed E-state index contributed by atoms with van der Waals surface area (Å²) in [5.41, 5.74) is 10.6. The second kappa shape index (κ2) is 5.18. The van der Waals surface area contributed by atoms with Crippen molar-refractivity contribution in [3.05, 3.63) is 34.4 Å². The maximum Gasteiger partial charge on any atom is 0.0534 e. The molecular formula is C16H23ClN2. The monoisotopic (exact) mass is 278 g/mol. The molecular weight excluding hydrogens is 256 g/mol. The second-order valence-electron chi connectivity index (χ2n) is 5.80. The zero-order valence-electron chi connectivity index (χ0n) is 12.3. The highest BCUT2D eigenvalue weighted by Crippen LogP contribution is 2.41. The van der Waals surface area contributed by atoms with Crippen molar-refractivity contribution in [2.75, 3.05) is 11.4 Å². The maximum absolute atomic E-state index is 6.34. The van der Waals surface area contributed by atoms with Crippen molar-refractivity contribution in [3.8, 4) is 0 Å². The molecule has 0 fully saturated rings. The van der Waals surface area contributed by atoms with E-state index in [2.05, 4.69) is 50.8 Å². The molecule has 1 aliphatic rings. The molecule has 2 nitrogen and oxygen atoms in total. The normalized spacial score (nSPS) is 17.2. The van der Waals surface area contributed by atoms with Crippen molar-refractivity contribution in [3.63, 3.8) is 0 Å². The number of hydrogen-bond donors (Lipinski definition) is 1. The highest BCUT2D eigenvalue weighted by Gasteiger charge is 2.31. The molecule has 0 bridgehead atoms. The van der Waals surface area contributed by atoms with Gasteiger partial charge in [0.15, 0.2) is 0 Å². The van der Waals surface area contributed by atoms with Gasteiger partial charge in [0.25, 0.3) is 0 Å². The highest BCUT2D eigenvalue weighted by atomic mass is 35.5. The fourth-order valence-electron chi connectivity index (χ4n) is 2.93. The second-order valence-corrected chi connectivity index (χ2v) is 6.20. The first-order valence-corrected chi connectivity index (χ1v) is 7.28. The average molecular weight is 279 g/mol. The fourth-order valence-corrected chi connectivity index (χ4v) is 3.17. The van der Waals surface area contributed by atoms with Crippen molar-refractivity contribution in [1.29, 1.82) is 0 Å². The topological polar surface area (TPSA) is 29.3 Å². The summed E-state index contributed by atoms with van der Waals surface area (Å²) >= 11 is 6.34. The van der Waals surface area contributed by atoms with E-state index in [9.17, 15) is 0 Å². The lowest BCUT2D eigenvalue weighted by molar-refractivity contribution is 0.550. The summed E-state index contributed by atoms with van der Waals surface area (Å²) in [5.74, 6) is 0. The molecule has 0 aliphatic carbocycles. The molecule has 0 saturated carbocycles. The fraction of sp³-hybridized carbons (Fsp3) is 0.500. The molecule has 19 heavy (non-hydrogen) atoms. The molecule has 0 amide bonds. The van der Waals surface area contributed by atoms with Crippen LogP contribution in [0.4, 0.5) is 5.69 Å². The van der Waals surface area contributed by atoms with Gasteiger partial charge in [-0.2, -0.15) is 0 Å². The first-order valence-electron chi connectivity index (χ1n) is 6.90. The van der Waals surface area contributed by atoms with E-state index in [1.54, 1.807) is 0 Å². The van der Waals surface area contributed by atoms with Gasteiger partial charge >= 0.3 is 0 Å². The molecule has 1 heterocycles. The van der Waals surface area contributed by atoms with E-state index in [0.29, 0.717) is 6.54 Å². The Labute approximate surface area is 121 Å². The van der Waals surface area contributed by atoms with Crippen LogP contribution in [0.3, 0.4) is 0 Å². The number of allylic oxidation sites excluding steroid dienone is 1. The molecule has 1 aromatic rings. The van der Waals surface area contributed by atoms with Crippen LogP contribution in [0.25, 0.3) is 5.57 Å². The third-order valence-electron chi connectivity index (χ3n) is 3.81. The molecule has 2 rings (SSSR count). The Morgan fingerprint density at radius 2 is 2.00 bits per heavy atom. The first-order chi connectivity index (χ1) is 8.90. The summed E-state index contributed by atoms with van der Waals surface area (Å²) in [5, 5.41) is 0.771. The number of nitrogens with two attached hydrogens (primary N) is 1. The van der Waals surface area contributed by atoms with Gasteiger partial charge in [0.05, 0.1) is 5.54 Å². The third kappa shape index (κ3) is 2.52. The predicted octanol–water partition coefficient (Wildman–Crippen LogP) is 4.21. The van der Waals surface area contributed by atoms with E-state index in [1.165, 1.54) is 16.8 Å². The number of rotatable bonds is 3. The van der Waals surface area contributed by atoms with E-state index in [0.717, 1.165) is 23.6 Å². The van der Waals surface area contributed by atoms with E-state index in [1.807, 2.05) is 0 Å². The lowest BCUT2D eigenvalue weighted by Gasteiger charge is -2.43. The number of fused-ring (bicyclic) bond motifs is 1. The van der Waals surface area contributed by atoms with E-state index >= 15 is 0 Å². The standard InChI is InChI=1S/C16H23ClN2/c1-5-6-19-15-8-14(17)12(10-18)7-13(15)11(2)9-16(19,3)4/h7-9H,5-6,10,18H2,1-4H3. The minimum absolute atomic E-state index is 0.0284. The van der Waals surface area contributed by atoms with Gasteiger partial charge in [-0.15, -0.1) is 0 Å². The molecule has 3 heteroatoms. The Balaban J connectivity index is 2.62. The summed E-state index contributed by atoms with van der Waals surface area (Å²) in [7, 11) is 0. The van der Waals surface area contributed by atoms with Gasteiger partial charge in [-0.05, 0) is 50.5 Å². The Hall–Kier alpha value is -0.990. The van der Waals surface area contributed by atoms with Crippen LogP contribution in [0.5, 0.6) is 0 Å². The number of anilines is 1. The molecule has 0 unspecified atom stereocenters. The molecule has 1 aliphatic heterocycles. The van der Waals surface area contributed by atoms with Crippen LogP contribution >= 0.6 is 11.6 Å². The van der Waals surface area contributed by atoms with Gasteiger partial charge in [0, 0.05) is 29.4 Å². The zero-order valence-corrected chi connectivity index (χ0v) is 13.0. The summed E-state index contributed by atoms with van der Waals surface area (Å²) in [6, 6.07) is 4.22. The first kappa shape index (κ1) is 14.4. The zero-order chi connectivity index (χ0) is 14.2. The minimum Gasteiger partial charge on any atom is -0.362 e. The Kier molecular flexibility index (Phi) is 3.93. The summed E-state index contributed by atoms with van der Waals surface area (Å²) in [4.78, 5) is 2.43. The molecule has 104 valence electrons. The van der Waals surface area contributed by atoms with Gasteiger partial charge < -0.3 is 10.6 Å². The highest BCUT2D eigenvalue weighted by molar-refractivity contribution is 6.31. The van der Waals surface area contributed by atoms with Crippen LogP contribution in [-0.2, 0) is 6.54 Å². The Morgan fingerprint density at radius 3 is 2.58 bits per heavy atom. The quantitative estimate of drug-likeness (QED) is 0.897. The van der Waals surface area contributed by atoms with Crippen LogP contribution in [-0.4, -0.2) is 12.1 Å². The van der Waals surface area contributed by atoms with Gasteiger partial charge in [-0.1, -0.05) is 24.6 Å². The smallest absolute Gasteiger partial charge is 0.0534 e. The lowest BCUT2D eigenvalue weighted by Crippen LogP contribution is -2.45. The van der Waals surface area contributed by atoms with Crippen LogP contribution < -0.4 is 10.6 Å². The number of benzene rings is 1. The van der Waals surface area contributed by atoms with E-state index < -0.39 is 0 Å². The lowest BCUT2D eigenvalue weighted by atomic mass is 9.88. The van der Waals surface area contributed by atoms with Crippen LogP contribution in [0.15, 0.2) is 18.2 Å². The van der Waals surface area contributed by atoms with Crippen molar-refractivity contribution in [1.82, 2.24) is 0 Å². The predicted molar refractivity (Wildman–Crippen MR) is 84.7 cm³/mol. The molecule has 0 radical (unpaired) electrons. The minimum atomic E-state index is 0.0284. The number of nitrogens with zero attached hydrogens (tertiary/aromatic N) is 1. The molecule has 1 aromatic carbocycles. The van der Waals surface area contributed by atoms with E-state index in [4.69, 9.17) is 17.3 Å². The van der Waals surface area contributed by atoms with Crippen molar-refractivity contribution >= 4 is 22.9 Å². The van der Waals surface area contributed by atoms with Crippen LogP contribution in [0.2, 0.25) is 5.02 Å². The van der Waals surface area contributed by atoms with Crippen LogP contribution in [0.1, 0.15) is 45.2 Å². The Bertz CT molecular complexity index is 518. The van der Waals surface area contributed by atoms with Crippen molar-refractivity contribution < 1.29 is 0 Å². The third-order valence-corrected chi connectivity index (χ3v) is 4.16. The average Bonchev–Trinajstić information content (AvgIpc) is 2.33. The van der Waals surface area contributed by atoms with Crippen molar-refractivity contribution in [2.24, 2.45) is 5.73 Å². The molecule has 2 N–H and O–H groups in total. The maximum atomic E-state index is 6.34. The number of hydrogen-bond acceptors (Lipinski definition) is 2. The summed E-state index contributed by atoms with van der Waals surface area (Å²) in [6.45, 7) is 10.4. The van der Waals surface area contributed by atoms with Crippen molar-refractivity contribution in [2.45, 2.75) is 46.2 Å². The summed E-state index contributed by atoms with van der Waals surface area (Å²) in [6.07, 6.45) is 3.45. The molecule has 0 saturated heterocycles. The molecule has 0 spiro atoms. The number of halogens is 1. The van der Waals surface area contributed by atoms with E-state index in [-0.39, 0.29) is 5.54 Å². The van der Waals surface area contributed by atoms with Crippen LogP contribution in [0, 0.1) is 0 Å². The largest absolute Gasteiger partial charge is 0.362 e. The van der Waals surface area contributed by atoms with Gasteiger partial charge in [-0.3, -0.25) is 0 Å². The molecule has 0 atom stereocenters. The Morgan fingerprint density at radius 1 is 1.32 bits per heavy atom. The van der Waals surface area contributed by atoms with Gasteiger partial charge in [0.2, 0.25) is 0 Å². The summed E-state index contributed by atoms with van der Waals surface area (Å²) < 4.78 is 0. The SMILES string of the molecule is CCCN1c2cc(Cl)c(CN)cc2C(C)=CC1(C)C. The molecule has 0 aromatic heterocycles. The van der Waals surface area contributed by atoms with Gasteiger partial charge in [0.1, 0.15) is 0 Å².